The lowest BCUT2D eigenvalue weighted by Crippen LogP contribution is -2.22. The zero-order valence-electron chi connectivity index (χ0n) is 13.1. The number of hydrogen-bond acceptors (Lipinski definition) is 5. The van der Waals surface area contributed by atoms with Crippen LogP contribution in [-0.2, 0) is 4.79 Å². The third kappa shape index (κ3) is 3.60. The standard InChI is InChI=1S/C18H16N4OS/c1-12(17(19)23)24-18-20-15(13-8-4-2-5-9-13)16(21-22-18)14-10-6-3-7-11-14/h2-12H,1H3,(H2,19,23)/t12-/m0/s1. The fraction of sp³-hybridized carbons (Fsp3) is 0.111. The van der Waals surface area contributed by atoms with Gasteiger partial charge in [0.15, 0.2) is 0 Å². The molecule has 3 aromatic rings. The molecule has 2 aromatic carbocycles. The van der Waals surface area contributed by atoms with Gasteiger partial charge in [0.05, 0.1) is 5.25 Å². The van der Waals surface area contributed by atoms with Crippen molar-refractivity contribution in [2.24, 2.45) is 5.73 Å². The van der Waals surface area contributed by atoms with Crippen LogP contribution in [0, 0.1) is 0 Å². The molecule has 0 spiro atoms. The van der Waals surface area contributed by atoms with Gasteiger partial charge in [0.25, 0.3) is 0 Å². The summed E-state index contributed by atoms with van der Waals surface area (Å²) in [5.74, 6) is -0.406. The number of carbonyl (C=O) groups is 1. The Bertz CT molecular complexity index is 840. The fourth-order valence-electron chi connectivity index (χ4n) is 2.16. The molecule has 0 unspecified atom stereocenters. The second-order valence-electron chi connectivity index (χ2n) is 5.19. The van der Waals surface area contributed by atoms with Crippen LogP contribution >= 0.6 is 11.8 Å². The van der Waals surface area contributed by atoms with Crippen LogP contribution in [-0.4, -0.2) is 26.3 Å². The third-order valence-corrected chi connectivity index (χ3v) is 4.41. The Balaban J connectivity index is 2.08. The molecule has 1 amide bonds. The zero-order valence-corrected chi connectivity index (χ0v) is 13.9. The largest absolute Gasteiger partial charge is 0.369 e. The van der Waals surface area contributed by atoms with Crippen molar-refractivity contribution < 1.29 is 4.79 Å². The summed E-state index contributed by atoms with van der Waals surface area (Å²) in [5, 5.41) is 8.52. The van der Waals surface area contributed by atoms with Gasteiger partial charge in [0, 0.05) is 11.1 Å². The molecule has 1 aromatic heterocycles. The quantitative estimate of drug-likeness (QED) is 0.724. The van der Waals surface area contributed by atoms with Gasteiger partial charge in [-0.15, -0.1) is 10.2 Å². The monoisotopic (exact) mass is 336 g/mol. The summed E-state index contributed by atoms with van der Waals surface area (Å²) in [6, 6.07) is 19.6. The van der Waals surface area contributed by atoms with Crippen LogP contribution in [0.3, 0.4) is 0 Å². The molecule has 1 atom stereocenters. The van der Waals surface area contributed by atoms with Crippen molar-refractivity contribution in [1.29, 1.82) is 0 Å². The van der Waals surface area contributed by atoms with E-state index in [9.17, 15) is 4.79 Å². The molecule has 1 heterocycles. The Morgan fingerprint density at radius 1 is 0.917 bits per heavy atom. The first-order valence-corrected chi connectivity index (χ1v) is 8.34. The molecule has 0 aliphatic heterocycles. The molecule has 5 nitrogen and oxygen atoms in total. The molecule has 0 fully saturated rings. The summed E-state index contributed by atoms with van der Waals surface area (Å²) < 4.78 is 0. The first-order chi connectivity index (χ1) is 11.6. The van der Waals surface area contributed by atoms with E-state index < -0.39 is 11.2 Å². The zero-order chi connectivity index (χ0) is 16.9. The van der Waals surface area contributed by atoms with Gasteiger partial charge in [0.1, 0.15) is 11.4 Å². The van der Waals surface area contributed by atoms with E-state index >= 15 is 0 Å². The lowest BCUT2D eigenvalue weighted by atomic mass is 10.0. The number of carbonyl (C=O) groups excluding carboxylic acids is 1. The molecule has 3 rings (SSSR count). The maximum atomic E-state index is 11.3. The highest BCUT2D eigenvalue weighted by molar-refractivity contribution is 8.00. The highest BCUT2D eigenvalue weighted by Gasteiger charge is 2.17. The van der Waals surface area contributed by atoms with Crippen LogP contribution in [0.5, 0.6) is 0 Å². The van der Waals surface area contributed by atoms with Gasteiger partial charge in [-0.1, -0.05) is 72.4 Å². The van der Waals surface area contributed by atoms with E-state index in [0.29, 0.717) is 10.9 Å². The predicted molar refractivity (Wildman–Crippen MR) is 95.2 cm³/mol. The molecule has 0 aliphatic carbocycles. The number of rotatable bonds is 5. The molecular weight excluding hydrogens is 320 g/mol. The van der Waals surface area contributed by atoms with Crippen molar-refractivity contribution >= 4 is 17.7 Å². The van der Waals surface area contributed by atoms with Gasteiger partial charge in [-0.05, 0) is 6.92 Å². The average Bonchev–Trinajstić information content (AvgIpc) is 2.63. The molecule has 0 aliphatic rings. The van der Waals surface area contributed by atoms with Gasteiger partial charge in [-0.3, -0.25) is 4.79 Å². The van der Waals surface area contributed by atoms with Crippen LogP contribution in [0.4, 0.5) is 0 Å². The maximum absolute atomic E-state index is 11.3. The van der Waals surface area contributed by atoms with Crippen molar-refractivity contribution in [3.05, 3.63) is 60.7 Å². The first kappa shape index (κ1) is 16.1. The minimum absolute atomic E-state index is 0.406. The number of nitrogens with zero attached hydrogens (tertiary/aromatic N) is 3. The number of primary amides is 1. The normalized spacial score (nSPS) is 11.9. The van der Waals surface area contributed by atoms with E-state index in [1.54, 1.807) is 6.92 Å². The van der Waals surface area contributed by atoms with Crippen LogP contribution < -0.4 is 5.73 Å². The van der Waals surface area contributed by atoms with Gasteiger partial charge >= 0.3 is 0 Å². The third-order valence-electron chi connectivity index (χ3n) is 3.44. The molecule has 24 heavy (non-hydrogen) atoms. The summed E-state index contributed by atoms with van der Waals surface area (Å²) >= 11 is 1.21. The van der Waals surface area contributed by atoms with Crippen LogP contribution in [0.25, 0.3) is 22.5 Å². The lowest BCUT2D eigenvalue weighted by Gasteiger charge is -2.10. The summed E-state index contributed by atoms with van der Waals surface area (Å²) in [5.41, 5.74) is 8.64. The molecule has 120 valence electrons. The van der Waals surface area contributed by atoms with E-state index in [4.69, 9.17) is 5.73 Å². The van der Waals surface area contributed by atoms with Crippen LogP contribution in [0.1, 0.15) is 6.92 Å². The van der Waals surface area contributed by atoms with Crippen LogP contribution in [0.15, 0.2) is 65.8 Å². The van der Waals surface area contributed by atoms with Gasteiger partial charge in [-0.25, -0.2) is 4.98 Å². The number of nitrogens with two attached hydrogens (primary N) is 1. The summed E-state index contributed by atoms with van der Waals surface area (Å²) in [7, 11) is 0. The van der Waals surface area contributed by atoms with Crippen molar-refractivity contribution in [3.8, 4) is 22.5 Å². The smallest absolute Gasteiger partial charge is 0.230 e. The van der Waals surface area contributed by atoms with Crippen molar-refractivity contribution in [2.45, 2.75) is 17.3 Å². The van der Waals surface area contributed by atoms with E-state index in [0.717, 1.165) is 16.8 Å². The number of amides is 1. The molecule has 0 bridgehead atoms. The number of hydrogen-bond donors (Lipinski definition) is 1. The van der Waals surface area contributed by atoms with E-state index in [1.165, 1.54) is 11.8 Å². The van der Waals surface area contributed by atoms with E-state index in [2.05, 4.69) is 15.2 Å². The van der Waals surface area contributed by atoms with E-state index in [-0.39, 0.29) is 0 Å². The van der Waals surface area contributed by atoms with Crippen LogP contribution in [0.2, 0.25) is 0 Å². The summed E-state index contributed by atoms with van der Waals surface area (Å²) in [6.45, 7) is 1.73. The SMILES string of the molecule is C[C@H](Sc1nnc(-c2ccccc2)c(-c2ccccc2)n1)C(N)=O. The fourth-order valence-corrected chi connectivity index (χ4v) is 2.83. The summed E-state index contributed by atoms with van der Waals surface area (Å²) in [4.78, 5) is 15.9. The minimum Gasteiger partial charge on any atom is -0.369 e. The second kappa shape index (κ2) is 7.23. The second-order valence-corrected chi connectivity index (χ2v) is 6.49. The molecule has 0 radical (unpaired) electrons. The molecule has 0 saturated carbocycles. The highest BCUT2D eigenvalue weighted by atomic mass is 32.2. The number of thioether (sulfide) groups is 1. The topological polar surface area (TPSA) is 81.8 Å². The Hall–Kier alpha value is -2.73. The molecular formula is C18H16N4OS. The minimum atomic E-state index is -0.419. The molecule has 2 N–H and O–H groups in total. The highest BCUT2D eigenvalue weighted by Crippen LogP contribution is 2.30. The Labute approximate surface area is 144 Å². The molecule has 6 heteroatoms. The number of aromatic nitrogens is 3. The Morgan fingerprint density at radius 3 is 2.00 bits per heavy atom. The lowest BCUT2D eigenvalue weighted by molar-refractivity contribution is -0.117. The first-order valence-electron chi connectivity index (χ1n) is 7.46. The average molecular weight is 336 g/mol. The van der Waals surface area contributed by atoms with Gasteiger partial charge in [0.2, 0.25) is 11.1 Å². The number of benzene rings is 2. The summed E-state index contributed by atoms with van der Waals surface area (Å²) in [6.07, 6.45) is 0. The van der Waals surface area contributed by atoms with E-state index in [1.807, 2.05) is 60.7 Å². The predicted octanol–water partition coefficient (Wildman–Crippen LogP) is 3.17. The maximum Gasteiger partial charge on any atom is 0.230 e. The van der Waals surface area contributed by atoms with Gasteiger partial charge < -0.3 is 5.73 Å². The van der Waals surface area contributed by atoms with Crippen molar-refractivity contribution in [2.75, 3.05) is 0 Å². The Morgan fingerprint density at radius 2 is 1.46 bits per heavy atom. The van der Waals surface area contributed by atoms with Crippen molar-refractivity contribution in [1.82, 2.24) is 15.2 Å². The molecule has 0 saturated heterocycles. The van der Waals surface area contributed by atoms with Gasteiger partial charge in [-0.2, -0.15) is 0 Å². The van der Waals surface area contributed by atoms with Crippen molar-refractivity contribution in [3.63, 3.8) is 0 Å². The Kier molecular flexibility index (Phi) is 4.86.